The molecule has 0 saturated heterocycles. The summed E-state index contributed by atoms with van der Waals surface area (Å²) in [6.07, 6.45) is 2.18. The Morgan fingerprint density at radius 2 is 2.07 bits per heavy atom. The third-order valence-electron chi connectivity index (χ3n) is 2.58. The van der Waals surface area contributed by atoms with Gasteiger partial charge in [0.25, 0.3) is 0 Å². The fourth-order valence-corrected chi connectivity index (χ4v) is 1.75. The van der Waals surface area contributed by atoms with E-state index in [9.17, 15) is 4.39 Å². The average Bonchev–Trinajstić information content (AvgIpc) is 2.20. The first-order valence-corrected chi connectivity index (χ1v) is 5.34. The standard InChI is InChI=1S/C13H19F/c1-4-5-12-7-6-10(2)8-13(12)11(3)9-14/h6-8,11H,4-5,9H2,1-3H3. The number of aryl methyl sites for hydroxylation is 2. The van der Waals surface area contributed by atoms with Crippen molar-refractivity contribution < 1.29 is 4.39 Å². The van der Waals surface area contributed by atoms with E-state index in [1.54, 1.807) is 0 Å². The summed E-state index contributed by atoms with van der Waals surface area (Å²) < 4.78 is 12.6. The van der Waals surface area contributed by atoms with Crippen molar-refractivity contribution in [1.29, 1.82) is 0 Å². The van der Waals surface area contributed by atoms with Gasteiger partial charge in [0.05, 0.1) is 6.67 Å². The van der Waals surface area contributed by atoms with Crippen LogP contribution in [0.15, 0.2) is 18.2 Å². The first-order valence-electron chi connectivity index (χ1n) is 5.34. The van der Waals surface area contributed by atoms with E-state index >= 15 is 0 Å². The predicted molar refractivity (Wildman–Crippen MR) is 59.6 cm³/mol. The molecule has 0 fully saturated rings. The Labute approximate surface area is 86.2 Å². The minimum Gasteiger partial charge on any atom is -0.250 e. The average molecular weight is 194 g/mol. The third kappa shape index (κ3) is 2.57. The summed E-state index contributed by atoms with van der Waals surface area (Å²) >= 11 is 0. The Kier molecular flexibility index (Phi) is 4.12. The molecule has 78 valence electrons. The van der Waals surface area contributed by atoms with Crippen molar-refractivity contribution >= 4 is 0 Å². The Balaban J connectivity index is 3.02. The lowest BCUT2D eigenvalue weighted by molar-refractivity contribution is 0.445. The molecular formula is C13H19F. The minimum absolute atomic E-state index is 0.0384. The number of hydrogen-bond donors (Lipinski definition) is 0. The van der Waals surface area contributed by atoms with Crippen molar-refractivity contribution in [3.63, 3.8) is 0 Å². The van der Waals surface area contributed by atoms with Crippen molar-refractivity contribution in [3.05, 3.63) is 34.9 Å². The molecule has 14 heavy (non-hydrogen) atoms. The highest BCUT2D eigenvalue weighted by atomic mass is 19.1. The van der Waals surface area contributed by atoms with Gasteiger partial charge >= 0.3 is 0 Å². The second-order valence-corrected chi connectivity index (χ2v) is 4.01. The first kappa shape index (κ1) is 11.2. The van der Waals surface area contributed by atoms with Crippen LogP contribution >= 0.6 is 0 Å². The number of hydrogen-bond acceptors (Lipinski definition) is 0. The molecule has 1 heteroatoms. The van der Waals surface area contributed by atoms with E-state index in [2.05, 4.69) is 32.0 Å². The molecule has 1 rings (SSSR count). The van der Waals surface area contributed by atoms with Gasteiger partial charge < -0.3 is 0 Å². The summed E-state index contributed by atoms with van der Waals surface area (Å²) in [7, 11) is 0. The molecule has 0 aromatic heterocycles. The number of alkyl halides is 1. The van der Waals surface area contributed by atoms with Gasteiger partial charge in [-0.2, -0.15) is 0 Å². The van der Waals surface area contributed by atoms with Crippen molar-refractivity contribution in [2.24, 2.45) is 0 Å². The van der Waals surface area contributed by atoms with Crippen LogP contribution in [-0.4, -0.2) is 6.67 Å². The molecule has 0 nitrogen and oxygen atoms in total. The molecular weight excluding hydrogens is 175 g/mol. The van der Waals surface area contributed by atoms with Crippen molar-refractivity contribution in [2.75, 3.05) is 6.67 Å². The van der Waals surface area contributed by atoms with Crippen molar-refractivity contribution in [2.45, 2.75) is 39.5 Å². The van der Waals surface area contributed by atoms with Crippen LogP contribution in [0.25, 0.3) is 0 Å². The Bertz CT molecular complexity index is 291. The van der Waals surface area contributed by atoms with E-state index in [1.165, 1.54) is 16.7 Å². The van der Waals surface area contributed by atoms with Crippen LogP contribution in [0.5, 0.6) is 0 Å². The Morgan fingerprint density at radius 3 is 2.64 bits per heavy atom. The molecule has 1 aromatic rings. The van der Waals surface area contributed by atoms with Crippen LogP contribution < -0.4 is 0 Å². The number of rotatable bonds is 4. The van der Waals surface area contributed by atoms with Gasteiger partial charge in [-0.15, -0.1) is 0 Å². The summed E-state index contributed by atoms with van der Waals surface area (Å²) in [5, 5.41) is 0. The number of halogens is 1. The van der Waals surface area contributed by atoms with E-state index in [1.807, 2.05) is 6.92 Å². The van der Waals surface area contributed by atoms with Crippen LogP contribution in [-0.2, 0) is 6.42 Å². The van der Waals surface area contributed by atoms with Crippen LogP contribution in [0.4, 0.5) is 4.39 Å². The highest BCUT2D eigenvalue weighted by molar-refractivity contribution is 5.34. The molecule has 0 bridgehead atoms. The zero-order chi connectivity index (χ0) is 10.6. The summed E-state index contributed by atoms with van der Waals surface area (Å²) in [6.45, 7) is 5.90. The van der Waals surface area contributed by atoms with E-state index in [0.717, 1.165) is 12.8 Å². The molecule has 0 radical (unpaired) electrons. The molecule has 0 aliphatic carbocycles. The van der Waals surface area contributed by atoms with Crippen LogP contribution in [0.1, 0.15) is 42.9 Å². The van der Waals surface area contributed by atoms with Crippen molar-refractivity contribution in [3.8, 4) is 0 Å². The van der Waals surface area contributed by atoms with Gasteiger partial charge in [0.1, 0.15) is 0 Å². The van der Waals surface area contributed by atoms with Gasteiger partial charge in [-0.05, 0) is 24.5 Å². The monoisotopic (exact) mass is 194 g/mol. The lowest BCUT2D eigenvalue weighted by Crippen LogP contribution is -2.01. The Morgan fingerprint density at radius 1 is 1.36 bits per heavy atom. The molecule has 0 amide bonds. The normalized spacial score (nSPS) is 12.9. The van der Waals surface area contributed by atoms with Crippen LogP contribution in [0, 0.1) is 6.92 Å². The van der Waals surface area contributed by atoms with Crippen LogP contribution in [0.3, 0.4) is 0 Å². The zero-order valence-corrected chi connectivity index (χ0v) is 9.31. The molecule has 1 aromatic carbocycles. The second kappa shape index (κ2) is 5.14. The predicted octanol–water partition coefficient (Wildman–Crippen LogP) is 4.02. The summed E-state index contributed by atoms with van der Waals surface area (Å²) in [6, 6.07) is 6.37. The quantitative estimate of drug-likeness (QED) is 0.679. The summed E-state index contributed by atoms with van der Waals surface area (Å²) in [5.41, 5.74) is 3.72. The second-order valence-electron chi connectivity index (χ2n) is 4.01. The largest absolute Gasteiger partial charge is 0.250 e. The van der Waals surface area contributed by atoms with E-state index < -0.39 is 0 Å². The summed E-state index contributed by atoms with van der Waals surface area (Å²) in [5.74, 6) is 0.0384. The lowest BCUT2D eigenvalue weighted by atomic mass is 9.92. The van der Waals surface area contributed by atoms with Crippen molar-refractivity contribution in [1.82, 2.24) is 0 Å². The smallest absolute Gasteiger partial charge is 0.0960 e. The van der Waals surface area contributed by atoms with Gasteiger partial charge in [0.15, 0.2) is 0 Å². The molecule has 0 N–H and O–H groups in total. The zero-order valence-electron chi connectivity index (χ0n) is 9.31. The molecule has 1 atom stereocenters. The lowest BCUT2D eigenvalue weighted by Gasteiger charge is -2.14. The van der Waals surface area contributed by atoms with Gasteiger partial charge in [-0.25, -0.2) is 0 Å². The molecule has 0 heterocycles. The minimum atomic E-state index is -0.264. The highest BCUT2D eigenvalue weighted by Gasteiger charge is 2.09. The maximum absolute atomic E-state index is 12.6. The van der Waals surface area contributed by atoms with E-state index in [0.29, 0.717) is 0 Å². The molecule has 0 saturated carbocycles. The van der Waals surface area contributed by atoms with Gasteiger partial charge in [-0.1, -0.05) is 44.0 Å². The van der Waals surface area contributed by atoms with Gasteiger partial charge in [-0.3, -0.25) is 4.39 Å². The maximum atomic E-state index is 12.6. The Hall–Kier alpha value is -0.850. The maximum Gasteiger partial charge on any atom is 0.0960 e. The van der Waals surface area contributed by atoms with E-state index in [4.69, 9.17) is 0 Å². The molecule has 0 aliphatic rings. The van der Waals surface area contributed by atoms with E-state index in [-0.39, 0.29) is 12.6 Å². The fourth-order valence-electron chi connectivity index (χ4n) is 1.75. The molecule has 1 unspecified atom stereocenters. The summed E-state index contributed by atoms with van der Waals surface area (Å²) in [4.78, 5) is 0. The topological polar surface area (TPSA) is 0 Å². The molecule has 0 aliphatic heterocycles. The molecule has 0 spiro atoms. The fraction of sp³-hybridized carbons (Fsp3) is 0.538. The highest BCUT2D eigenvalue weighted by Crippen LogP contribution is 2.23. The van der Waals surface area contributed by atoms with Crippen LogP contribution in [0.2, 0.25) is 0 Å². The first-order chi connectivity index (χ1) is 6.69. The number of benzene rings is 1. The third-order valence-corrected chi connectivity index (χ3v) is 2.58. The van der Waals surface area contributed by atoms with Gasteiger partial charge in [0.2, 0.25) is 0 Å². The SMILES string of the molecule is CCCc1ccc(C)cc1C(C)CF. The van der Waals surface area contributed by atoms with Gasteiger partial charge in [0, 0.05) is 5.92 Å².